The Morgan fingerprint density at radius 3 is 2.48 bits per heavy atom. The van der Waals surface area contributed by atoms with E-state index >= 15 is 0 Å². The molecule has 0 radical (unpaired) electrons. The lowest BCUT2D eigenvalue weighted by Crippen LogP contribution is -2.46. The largest absolute Gasteiger partial charge is 0.373 e. The average Bonchev–Trinajstić information content (AvgIpc) is 2.71. The number of hydrogen-bond donors (Lipinski definition) is 1. The van der Waals surface area contributed by atoms with E-state index < -0.39 is 4.92 Å². The predicted molar refractivity (Wildman–Crippen MR) is 112 cm³/mol. The summed E-state index contributed by atoms with van der Waals surface area (Å²) >= 11 is 0. The summed E-state index contributed by atoms with van der Waals surface area (Å²) in [6, 6.07) is 4.74. The molecule has 8 nitrogen and oxygen atoms in total. The molecule has 29 heavy (non-hydrogen) atoms. The molecule has 0 aliphatic carbocycles. The predicted octanol–water partition coefficient (Wildman–Crippen LogP) is 2.67. The van der Waals surface area contributed by atoms with Crippen LogP contribution in [-0.4, -0.2) is 67.7 Å². The highest BCUT2D eigenvalue weighted by atomic mass is 16.6. The first-order valence-electron chi connectivity index (χ1n) is 10.5. The van der Waals surface area contributed by atoms with Gasteiger partial charge in [0, 0.05) is 44.9 Å². The maximum Gasteiger partial charge on any atom is 0.293 e. The summed E-state index contributed by atoms with van der Waals surface area (Å²) in [7, 11) is 1.52. The van der Waals surface area contributed by atoms with Gasteiger partial charge in [-0.15, -0.1) is 0 Å². The highest BCUT2D eigenvalue weighted by Gasteiger charge is 2.27. The van der Waals surface area contributed by atoms with Crippen molar-refractivity contribution in [3.63, 3.8) is 0 Å². The Labute approximate surface area is 172 Å². The molecule has 0 spiro atoms. The smallest absolute Gasteiger partial charge is 0.293 e. The molecule has 2 atom stereocenters. The van der Waals surface area contributed by atoms with Gasteiger partial charge in [0.15, 0.2) is 0 Å². The number of hydrogen-bond acceptors (Lipinski definition) is 6. The maximum atomic E-state index is 11.8. The molecule has 160 valence electrons. The van der Waals surface area contributed by atoms with E-state index in [-0.39, 0.29) is 11.6 Å². The van der Waals surface area contributed by atoms with E-state index in [2.05, 4.69) is 29.0 Å². The van der Waals surface area contributed by atoms with Crippen LogP contribution in [0, 0.1) is 16.0 Å². The number of carbonyl (C=O) groups excluding carboxylic acids is 1. The van der Waals surface area contributed by atoms with Crippen molar-refractivity contribution in [2.45, 2.75) is 45.3 Å². The van der Waals surface area contributed by atoms with Crippen LogP contribution in [0.3, 0.4) is 0 Å². The van der Waals surface area contributed by atoms with Crippen LogP contribution in [0.4, 0.5) is 11.4 Å². The summed E-state index contributed by atoms with van der Waals surface area (Å²) in [5.41, 5.74) is 0.921. The lowest BCUT2D eigenvalue weighted by Gasteiger charge is -2.37. The van der Waals surface area contributed by atoms with Crippen molar-refractivity contribution in [3.05, 3.63) is 33.9 Å². The quantitative estimate of drug-likeness (QED) is 0.579. The molecule has 2 heterocycles. The van der Waals surface area contributed by atoms with Crippen molar-refractivity contribution < 1.29 is 14.5 Å². The van der Waals surface area contributed by atoms with Crippen LogP contribution < -0.4 is 10.2 Å². The first-order chi connectivity index (χ1) is 13.9. The lowest BCUT2D eigenvalue weighted by atomic mass is 9.92. The van der Waals surface area contributed by atoms with Crippen LogP contribution in [0.2, 0.25) is 0 Å². The Balaban J connectivity index is 1.56. The number of piperidine rings is 1. The fraction of sp³-hybridized carbons (Fsp3) is 0.667. The minimum Gasteiger partial charge on any atom is -0.373 e. The van der Waals surface area contributed by atoms with Gasteiger partial charge in [-0.05, 0) is 57.7 Å². The molecule has 0 bridgehead atoms. The van der Waals surface area contributed by atoms with Gasteiger partial charge in [0.2, 0.25) is 0 Å². The summed E-state index contributed by atoms with van der Waals surface area (Å²) in [6.07, 6.45) is 3.80. The number of nitrogens with zero attached hydrogens (tertiary/aromatic N) is 3. The Morgan fingerprint density at radius 1 is 1.24 bits per heavy atom. The van der Waals surface area contributed by atoms with Crippen molar-refractivity contribution in [2.75, 3.05) is 44.7 Å². The first-order valence-corrected chi connectivity index (χ1v) is 10.5. The zero-order valence-electron chi connectivity index (χ0n) is 17.6. The number of nitro groups is 1. The van der Waals surface area contributed by atoms with Crippen molar-refractivity contribution in [1.82, 2.24) is 10.2 Å². The molecule has 0 saturated carbocycles. The fourth-order valence-corrected chi connectivity index (χ4v) is 4.52. The molecule has 1 aromatic rings. The average molecular weight is 405 g/mol. The zero-order valence-corrected chi connectivity index (χ0v) is 17.6. The lowest BCUT2D eigenvalue weighted by molar-refractivity contribution is -0.384. The van der Waals surface area contributed by atoms with Gasteiger partial charge in [-0.25, -0.2) is 0 Å². The van der Waals surface area contributed by atoms with Gasteiger partial charge in [-0.3, -0.25) is 19.8 Å². The van der Waals surface area contributed by atoms with E-state index in [0.29, 0.717) is 29.4 Å². The molecule has 8 heteroatoms. The second-order valence-corrected chi connectivity index (χ2v) is 8.28. The number of benzene rings is 1. The molecule has 2 fully saturated rings. The summed E-state index contributed by atoms with van der Waals surface area (Å²) in [5, 5.41) is 14.1. The molecule has 3 rings (SSSR count). The van der Waals surface area contributed by atoms with Gasteiger partial charge >= 0.3 is 0 Å². The summed E-state index contributed by atoms with van der Waals surface area (Å²) < 4.78 is 5.80. The second kappa shape index (κ2) is 9.54. The Bertz CT molecular complexity index is 723. The molecule has 0 aromatic heterocycles. The number of morpholine rings is 1. The molecule has 1 amide bonds. The van der Waals surface area contributed by atoms with Crippen molar-refractivity contribution in [1.29, 1.82) is 0 Å². The second-order valence-electron chi connectivity index (χ2n) is 8.28. The Kier molecular flexibility index (Phi) is 7.08. The maximum absolute atomic E-state index is 11.8. The van der Waals surface area contributed by atoms with Crippen LogP contribution in [0.15, 0.2) is 18.2 Å². The Morgan fingerprint density at radius 2 is 1.90 bits per heavy atom. The first kappa shape index (κ1) is 21.5. The molecule has 2 aliphatic heterocycles. The zero-order chi connectivity index (χ0) is 21.0. The highest BCUT2D eigenvalue weighted by Crippen LogP contribution is 2.33. The number of ether oxygens (including phenoxy) is 1. The minimum absolute atomic E-state index is 0.000780. The molecular weight excluding hydrogens is 372 g/mol. The summed E-state index contributed by atoms with van der Waals surface area (Å²) in [5.74, 6) is 0.328. The number of nitrogens with one attached hydrogen (secondary N) is 1. The number of amides is 1. The number of anilines is 1. The SMILES string of the molecule is CNC(=O)c1ccc(N2CCC(CCN3CC(C)OC(C)C3)CC2)c([N+](=O)[O-])c1. The van der Waals surface area contributed by atoms with Crippen LogP contribution in [0.25, 0.3) is 0 Å². The van der Waals surface area contributed by atoms with Crippen LogP contribution in [0.1, 0.15) is 43.5 Å². The topological polar surface area (TPSA) is 88.0 Å². The van der Waals surface area contributed by atoms with Gasteiger partial charge in [0.1, 0.15) is 5.69 Å². The van der Waals surface area contributed by atoms with Crippen LogP contribution in [0.5, 0.6) is 0 Å². The van der Waals surface area contributed by atoms with E-state index in [1.165, 1.54) is 13.1 Å². The van der Waals surface area contributed by atoms with Gasteiger partial charge in [0.05, 0.1) is 17.1 Å². The number of rotatable bonds is 6. The van der Waals surface area contributed by atoms with E-state index in [1.807, 2.05) is 0 Å². The normalized spacial score (nSPS) is 23.8. The molecule has 1 aromatic carbocycles. The summed E-state index contributed by atoms with van der Waals surface area (Å²) in [4.78, 5) is 27.5. The van der Waals surface area contributed by atoms with Crippen LogP contribution >= 0.6 is 0 Å². The van der Waals surface area contributed by atoms with Crippen LogP contribution in [-0.2, 0) is 4.74 Å². The minimum atomic E-state index is -0.394. The van der Waals surface area contributed by atoms with E-state index in [9.17, 15) is 14.9 Å². The van der Waals surface area contributed by atoms with E-state index in [0.717, 1.165) is 52.0 Å². The highest BCUT2D eigenvalue weighted by molar-refractivity contribution is 5.95. The van der Waals surface area contributed by atoms with Crippen molar-refractivity contribution in [2.24, 2.45) is 5.92 Å². The monoisotopic (exact) mass is 404 g/mol. The van der Waals surface area contributed by atoms with E-state index in [1.54, 1.807) is 12.1 Å². The van der Waals surface area contributed by atoms with Crippen molar-refractivity contribution >= 4 is 17.3 Å². The number of nitro benzene ring substituents is 1. The molecule has 2 unspecified atom stereocenters. The third-order valence-corrected chi connectivity index (χ3v) is 5.97. The van der Waals surface area contributed by atoms with E-state index in [4.69, 9.17) is 4.74 Å². The molecule has 2 saturated heterocycles. The third kappa shape index (κ3) is 5.45. The molecule has 1 N–H and O–H groups in total. The fourth-order valence-electron chi connectivity index (χ4n) is 4.52. The van der Waals surface area contributed by atoms with Gasteiger partial charge in [0.25, 0.3) is 11.6 Å². The summed E-state index contributed by atoms with van der Waals surface area (Å²) in [6.45, 7) is 8.94. The van der Waals surface area contributed by atoms with Gasteiger partial charge < -0.3 is 15.0 Å². The molecule has 2 aliphatic rings. The Hall–Kier alpha value is -2.19. The third-order valence-electron chi connectivity index (χ3n) is 5.97. The van der Waals surface area contributed by atoms with Gasteiger partial charge in [-0.1, -0.05) is 0 Å². The van der Waals surface area contributed by atoms with Crippen molar-refractivity contribution in [3.8, 4) is 0 Å². The number of carbonyl (C=O) groups is 1. The van der Waals surface area contributed by atoms with Gasteiger partial charge in [-0.2, -0.15) is 0 Å². The molecular formula is C21H32N4O4. The standard InChI is InChI=1S/C21H32N4O4/c1-15-13-23(14-16(2)29-15)9-6-17-7-10-24(11-8-17)19-5-4-18(21(26)22-3)12-20(19)25(27)28/h4-5,12,15-17H,6-11,13-14H2,1-3H3,(H,22,26).